The van der Waals surface area contributed by atoms with E-state index in [-0.39, 0.29) is 18.3 Å². The van der Waals surface area contributed by atoms with E-state index in [1.807, 2.05) is 0 Å². The van der Waals surface area contributed by atoms with Gasteiger partial charge in [-0.1, -0.05) is 12.1 Å². The Morgan fingerprint density at radius 2 is 1.83 bits per heavy atom. The standard InChI is InChI=1S/C25H29F4N3O3/c26-20-3-1-2-4-22(20)35-16-19(33)15-24(10-12-30-13-11-24)31-21-9-14-32(23(21)34)18-7-5-17(6-8-18)25(27,28)29/h1-8,19,21,30-31,33H,9-16H2. The molecular weight excluding hydrogens is 466 g/mol. The molecule has 2 aliphatic heterocycles. The SMILES string of the molecule is O=C1C(NC2(CC(O)COc3ccccc3F)CCNCC2)CCN1c1ccc(C(F)(F)F)cc1. The van der Waals surface area contributed by atoms with Crippen molar-refractivity contribution in [2.75, 3.05) is 31.1 Å². The first kappa shape index (κ1) is 25.4. The van der Waals surface area contributed by atoms with Crippen LogP contribution in [-0.2, 0) is 11.0 Å². The first-order chi connectivity index (χ1) is 16.7. The van der Waals surface area contributed by atoms with Crippen molar-refractivity contribution in [3.63, 3.8) is 0 Å². The van der Waals surface area contributed by atoms with Gasteiger partial charge in [0.2, 0.25) is 5.91 Å². The van der Waals surface area contributed by atoms with E-state index in [0.29, 0.717) is 51.0 Å². The summed E-state index contributed by atoms with van der Waals surface area (Å²) in [6.07, 6.45) is -3.16. The summed E-state index contributed by atoms with van der Waals surface area (Å²) in [4.78, 5) is 14.6. The van der Waals surface area contributed by atoms with Gasteiger partial charge in [-0.3, -0.25) is 4.79 Å². The summed E-state index contributed by atoms with van der Waals surface area (Å²) in [7, 11) is 0. The topological polar surface area (TPSA) is 73.8 Å². The van der Waals surface area contributed by atoms with Crippen LogP contribution in [0.1, 0.15) is 31.2 Å². The van der Waals surface area contributed by atoms with Crippen molar-refractivity contribution in [3.05, 3.63) is 59.9 Å². The maximum Gasteiger partial charge on any atom is 0.416 e. The third-order valence-corrected chi connectivity index (χ3v) is 6.65. The molecule has 0 bridgehead atoms. The second kappa shape index (κ2) is 10.5. The number of para-hydroxylation sites is 1. The van der Waals surface area contributed by atoms with Gasteiger partial charge in [0.05, 0.1) is 17.7 Å². The Morgan fingerprint density at radius 3 is 2.49 bits per heavy atom. The lowest BCUT2D eigenvalue weighted by Gasteiger charge is -2.41. The highest BCUT2D eigenvalue weighted by Gasteiger charge is 2.41. The highest BCUT2D eigenvalue weighted by Crippen LogP contribution is 2.33. The van der Waals surface area contributed by atoms with E-state index in [1.54, 1.807) is 12.1 Å². The summed E-state index contributed by atoms with van der Waals surface area (Å²) >= 11 is 0. The highest BCUT2D eigenvalue weighted by atomic mass is 19.4. The van der Waals surface area contributed by atoms with Crippen LogP contribution in [0.25, 0.3) is 0 Å². The average Bonchev–Trinajstić information content (AvgIpc) is 3.18. The fraction of sp³-hybridized carbons (Fsp3) is 0.480. The maximum atomic E-state index is 13.8. The molecular formula is C25H29F4N3O3. The van der Waals surface area contributed by atoms with Gasteiger partial charge in [0.25, 0.3) is 0 Å². The number of aliphatic hydroxyl groups is 1. The number of halogens is 4. The number of nitrogens with zero attached hydrogens (tertiary/aromatic N) is 1. The lowest BCUT2D eigenvalue weighted by molar-refractivity contribution is -0.137. The molecule has 0 radical (unpaired) electrons. The van der Waals surface area contributed by atoms with Crippen molar-refractivity contribution in [1.82, 2.24) is 10.6 Å². The third kappa shape index (κ3) is 6.12. The van der Waals surface area contributed by atoms with Gasteiger partial charge in [0, 0.05) is 17.8 Å². The highest BCUT2D eigenvalue weighted by molar-refractivity contribution is 5.99. The zero-order valence-electron chi connectivity index (χ0n) is 19.2. The van der Waals surface area contributed by atoms with Crippen molar-refractivity contribution in [3.8, 4) is 5.75 Å². The fourth-order valence-electron chi connectivity index (χ4n) is 4.84. The number of benzene rings is 2. The minimum Gasteiger partial charge on any atom is -0.488 e. The van der Waals surface area contributed by atoms with Crippen LogP contribution in [0.2, 0.25) is 0 Å². The molecule has 0 spiro atoms. The number of carbonyl (C=O) groups excluding carboxylic acids is 1. The van der Waals surface area contributed by atoms with Gasteiger partial charge in [0.1, 0.15) is 6.61 Å². The first-order valence-corrected chi connectivity index (χ1v) is 11.7. The van der Waals surface area contributed by atoms with Crippen LogP contribution < -0.4 is 20.3 Å². The smallest absolute Gasteiger partial charge is 0.416 e. The number of piperidine rings is 1. The zero-order valence-corrected chi connectivity index (χ0v) is 19.2. The molecule has 2 saturated heterocycles. The molecule has 2 atom stereocenters. The number of anilines is 1. The number of aliphatic hydroxyl groups excluding tert-OH is 1. The Labute approximate surface area is 201 Å². The van der Waals surface area contributed by atoms with Crippen LogP contribution in [0.3, 0.4) is 0 Å². The molecule has 2 aliphatic rings. The number of ether oxygens (including phenoxy) is 1. The van der Waals surface area contributed by atoms with E-state index in [1.165, 1.54) is 29.2 Å². The van der Waals surface area contributed by atoms with Gasteiger partial charge < -0.3 is 25.4 Å². The number of carbonyl (C=O) groups is 1. The summed E-state index contributed by atoms with van der Waals surface area (Å²) in [5.74, 6) is -0.647. The van der Waals surface area contributed by atoms with Crippen molar-refractivity contribution in [1.29, 1.82) is 0 Å². The molecule has 4 rings (SSSR count). The molecule has 1 amide bonds. The van der Waals surface area contributed by atoms with Gasteiger partial charge in [-0.05, 0) is 75.2 Å². The molecule has 3 N–H and O–H groups in total. The summed E-state index contributed by atoms with van der Waals surface area (Å²) in [6.45, 7) is 1.71. The summed E-state index contributed by atoms with van der Waals surface area (Å²) < 4.78 is 57.9. The summed E-state index contributed by atoms with van der Waals surface area (Å²) in [5, 5.41) is 17.4. The van der Waals surface area contributed by atoms with E-state index in [4.69, 9.17) is 4.74 Å². The fourth-order valence-corrected chi connectivity index (χ4v) is 4.84. The van der Waals surface area contributed by atoms with Crippen LogP contribution in [0, 0.1) is 5.82 Å². The van der Waals surface area contributed by atoms with Crippen LogP contribution in [0.5, 0.6) is 5.75 Å². The number of rotatable bonds is 8. The van der Waals surface area contributed by atoms with Crippen LogP contribution in [0.15, 0.2) is 48.5 Å². The van der Waals surface area contributed by atoms with Crippen LogP contribution >= 0.6 is 0 Å². The Bertz CT molecular complexity index is 1010. The van der Waals surface area contributed by atoms with Gasteiger partial charge >= 0.3 is 6.18 Å². The molecule has 35 heavy (non-hydrogen) atoms. The summed E-state index contributed by atoms with van der Waals surface area (Å²) in [5.41, 5.74) is -0.868. The maximum absolute atomic E-state index is 13.8. The van der Waals surface area contributed by atoms with Crippen molar-refractivity contribution in [2.24, 2.45) is 0 Å². The number of nitrogens with one attached hydrogen (secondary N) is 2. The molecule has 190 valence electrons. The Kier molecular flexibility index (Phi) is 7.63. The Balaban J connectivity index is 1.40. The number of hydrogen-bond donors (Lipinski definition) is 3. The molecule has 0 aliphatic carbocycles. The van der Waals surface area contributed by atoms with E-state index in [0.717, 1.165) is 12.1 Å². The van der Waals surface area contributed by atoms with Crippen molar-refractivity contribution < 1.29 is 32.2 Å². The number of amides is 1. The Morgan fingerprint density at radius 1 is 1.14 bits per heavy atom. The van der Waals surface area contributed by atoms with E-state index in [9.17, 15) is 27.5 Å². The number of alkyl halides is 3. The minimum absolute atomic E-state index is 0.0667. The third-order valence-electron chi connectivity index (χ3n) is 6.65. The molecule has 2 unspecified atom stereocenters. The van der Waals surface area contributed by atoms with E-state index in [2.05, 4.69) is 10.6 Å². The monoisotopic (exact) mass is 495 g/mol. The van der Waals surface area contributed by atoms with E-state index < -0.39 is 35.2 Å². The molecule has 2 heterocycles. The molecule has 6 nitrogen and oxygen atoms in total. The van der Waals surface area contributed by atoms with E-state index >= 15 is 0 Å². The predicted octanol–water partition coefficient (Wildman–Crippen LogP) is 3.49. The molecule has 2 aromatic carbocycles. The van der Waals surface area contributed by atoms with Gasteiger partial charge in [0.15, 0.2) is 11.6 Å². The van der Waals surface area contributed by atoms with Crippen molar-refractivity contribution >= 4 is 11.6 Å². The molecule has 2 fully saturated rings. The van der Waals surface area contributed by atoms with Crippen LogP contribution in [-0.4, -0.2) is 54.9 Å². The van der Waals surface area contributed by atoms with Gasteiger partial charge in [-0.25, -0.2) is 4.39 Å². The Hall–Kier alpha value is -2.69. The van der Waals surface area contributed by atoms with Crippen LogP contribution in [0.4, 0.5) is 23.2 Å². The quantitative estimate of drug-likeness (QED) is 0.489. The largest absolute Gasteiger partial charge is 0.488 e. The summed E-state index contributed by atoms with van der Waals surface area (Å²) in [6, 6.07) is 10.0. The van der Waals surface area contributed by atoms with Gasteiger partial charge in [-0.2, -0.15) is 13.2 Å². The predicted molar refractivity (Wildman–Crippen MR) is 123 cm³/mol. The minimum atomic E-state index is -4.43. The van der Waals surface area contributed by atoms with Crippen molar-refractivity contribution in [2.45, 2.75) is 49.5 Å². The molecule has 0 aromatic heterocycles. The molecule has 2 aromatic rings. The second-order valence-corrected chi connectivity index (χ2v) is 9.15. The van der Waals surface area contributed by atoms with Gasteiger partial charge in [-0.15, -0.1) is 0 Å². The lowest BCUT2D eigenvalue weighted by atomic mass is 9.82. The zero-order chi connectivity index (χ0) is 25.1. The molecule has 0 saturated carbocycles. The second-order valence-electron chi connectivity index (χ2n) is 9.15. The average molecular weight is 496 g/mol. The lowest BCUT2D eigenvalue weighted by Crippen LogP contribution is -2.59. The first-order valence-electron chi connectivity index (χ1n) is 11.7. The molecule has 10 heteroatoms. The normalized spacial score (nSPS) is 21.2. The number of hydrogen-bond acceptors (Lipinski definition) is 5.